The molecule has 2 nitrogen and oxygen atoms in total. The molecule has 18 heavy (non-hydrogen) atoms. The van der Waals surface area contributed by atoms with Crippen molar-refractivity contribution in [2.45, 2.75) is 30.9 Å². The van der Waals surface area contributed by atoms with Crippen LogP contribution in [-0.2, 0) is 4.74 Å². The molecule has 1 aromatic rings. The Morgan fingerprint density at radius 1 is 1.44 bits per heavy atom. The van der Waals surface area contributed by atoms with Crippen LogP contribution in [0.15, 0.2) is 16.6 Å². The summed E-state index contributed by atoms with van der Waals surface area (Å²) in [6.07, 6.45) is -0.0615. The van der Waals surface area contributed by atoms with E-state index in [-0.39, 0.29) is 23.3 Å². The number of hydrogen-bond acceptors (Lipinski definition) is 2. The van der Waals surface area contributed by atoms with Gasteiger partial charge in [-0.25, -0.2) is 4.39 Å². The van der Waals surface area contributed by atoms with Gasteiger partial charge in [-0.05, 0) is 19.1 Å². The summed E-state index contributed by atoms with van der Waals surface area (Å²) in [5, 5.41) is -0.144. The van der Waals surface area contributed by atoms with Crippen LogP contribution in [0.4, 0.5) is 8.78 Å². The summed E-state index contributed by atoms with van der Waals surface area (Å²) in [4.78, 5) is 0. The third-order valence-electron chi connectivity index (χ3n) is 2.78. The predicted octanol–water partition coefficient (Wildman–Crippen LogP) is 3.89. The van der Waals surface area contributed by atoms with Crippen LogP contribution in [0, 0.1) is 11.6 Å². The van der Waals surface area contributed by atoms with E-state index in [0.717, 1.165) is 6.07 Å². The zero-order chi connectivity index (χ0) is 13.3. The number of alkyl halides is 1. The highest BCUT2D eigenvalue weighted by Gasteiger charge is 2.43. The molecule has 0 radical (unpaired) electrons. The lowest BCUT2D eigenvalue weighted by atomic mass is 9.91. The fourth-order valence-corrected chi connectivity index (χ4v) is 2.65. The molecule has 0 aliphatic heterocycles. The quantitative estimate of drug-likeness (QED) is 0.611. The van der Waals surface area contributed by atoms with Gasteiger partial charge in [0, 0.05) is 17.5 Å². The highest BCUT2D eigenvalue weighted by atomic mass is 79.9. The minimum atomic E-state index is -0.994. The molecule has 3 atom stereocenters. The minimum Gasteiger partial charge on any atom is -0.484 e. The monoisotopic (exact) mass is 340 g/mol. The molecule has 0 N–H and O–H groups in total. The predicted molar refractivity (Wildman–Crippen MR) is 68.1 cm³/mol. The molecular weight excluding hydrogens is 329 g/mol. The summed E-state index contributed by atoms with van der Waals surface area (Å²) >= 11 is 9.07. The van der Waals surface area contributed by atoms with Crippen molar-refractivity contribution in [3.8, 4) is 5.75 Å². The molecule has 1 saturated carbocycles. The third-order valence-corrected chi connectivity index (χ3v) is 3.66. The van der Waals surface area contributed by atoms with Crippen LogP contribution in [0.25, 0.3) is 0 Å². The molecule has 0 heterocycles. The van der Waals surface area contributed by atoms with Crippen LogP contribution in [0.2, 0.25) is 0 Å². The Bertz CT molecular complexity index is 444. The van der Waals surface area contributed by atoms with Gasteiger partial charge in [0.15, 0.2) is 11.6 Å². The normalized spacial score (nSPS) is 26.8. The van der Waals surface area contributed by atoms with Gasteiger partial charge in [-0.15, -0.1) is 11.6 Å². The minimum absolute atomic E-state index is 0.125. The fourth-order valence-electron chi connectivity index (χ4n) is 1.83. The van der Waals surface area contributed by atoms with E-state index in [9.17, 15) is 8.78 Å². The molecule has 1 aromatic carbocycles. The molecule has 1 fully saturated rings. The molecule has 1 aliphatic carbocycles. The van der Waals surface area contributed by atoms with E-state index in [4.69, 9.17) is 21.1 Å². The topological polar surface area (TPSA) is 18.5 Å². The van der Waals surface area contributed by atoms with Crippen molar-refractivity contribution in [3.63, 3.8) is 0 Å². The first-order chi connectivity index (χ1) is 8.52. The van der Waals surface area contributed by atoms with Crippen molar-refractivity contribution >= 4 is 27.5 Å². The summed E-state index contributed by atoms with van der Waals surface area (Å²) in [5.41, 5.74) is 0. The number of hydrogen-bond donors (Lipinski definition) is 0. The van der Waals surface area contributed by atoms with Gasteiger partial charge in [0.2, 0.25) is 5.82 Å². The van der Waals surface area contributed by atoms with Crippen LogP contribution in [0.3, 0.4) is 0 Å². The highest BCUT2D eigenvalue weighted by Crippen LogP contribution is 2.35. The van der Waals surface area contributed by atoms with E-state index >= 15 is 0 Å². The standard InChI is InChI=1S/C12H12BrClF2O2/c1-2-17-12-7(14)5-10(12)18-9-4-6(13)3-8(15)11(9)16/h3-4,7,10,12H,2,5H2,1H3. The van der Waals surface area contributed by atoms with Crippen molar-refractivity contribution in [1.29, 1.82) is 0 Å². The van der Waals surface area contributed by atoms with Crippen LogP contribution >= 0.6 is 27.5 Å². The molecule has 0 saturated heterocycles. The molecular formula is C12H12BrClF2O2. The van der Waals surface area contributed by atoms with Crippen molar-refractivity contribution in [2.75, 3.05) is 6.61 Å². The molecule has 0 spiro atoms. The van der Waals surface area contributed by atoms with E-state index in [2.05, 4.69) is 15.9 Å². The molecule has 100 valence electrons. The number of rotatable bonds is 4. The zero-order valence-corrected chi connectivity index (χ0v) is 12.0. The Labute approximate surface area is 117 Å². The van der Waals surface area contributed by atoms with Gasteiger partial charge in [0.1, 0.15) is 12.2 Å². The van der Waals surface area contributed by atoms with Gasteiger partial charge in [-0.3, -0.25) is 0 Å². The summed E-state index contributed by atoms with van der Waals surface area (Å²) in [5.74, 6) is -2.07. The van der Waals surface area contributed by atoms with Crippen LogP contribution in [-0.4, -0.2) is 24.2 Å². The van der Waals surface area contributed by atoms with Gasteiger partial charge in [-0.2, -0.15) is 4.39 Å². The van der Waals surface area contributed by atoms with Crippen molar-refractivity contribution in [1.82, 2.24) is 0 Å². The molecule has 2 rings (SSSR count). The Balaban J connectivity index is 2.10. The van der Waals surface area contributed by atoms with Gasteiger partial charge < -0.3 is 9.47 Å². The van der Waals surface area contributed by atoms with Gasteiger partial charge in [-0.1, -0.05) is 15.9 Å². The Morgan fingerprint density at radius 2 is 2.17 bits per heavy atom. The van der Waals surface area contributed by atoms with E-state index in [1.807, 2.05) is 6.92 Å². The largest absolute Gasteiger partial charge is 0.484 e. The third kappa shape index (κ3) is 2.78. The molecule has 0 amide bonds. The second-order valence-electron chi connectivity index (χ2n) is 4.03. The van der Waals surface area contributed by atoms with Gasteiger partial charge in [0.25, 0.3) is 0 Å². The molecule has 0 bridgehead atoms. The summed E-state index contributed by atoms with van der Waals surface area (Å²) < 4.78 is 37.9. The Hall–Kier alpha value is -0.390. The maximum Gasteiger partial charge on any atom is 0.200 e. The van der Waals surface area contributed by atoms with Crippen molar-refractivity contribution in [2.24, 2.45) is 0 Å². The van der Waals surface area contributed by atoms with Crippen LogP contribution in [0.5, 0.6) is 5.75 Å². The summed E-state index contributed by atoms with van der Waals surface area (Å²) in [6, 6.07) is 2.44. The smallest absolute Gasteiger partial charge is 0.200 e. The first-order valence-corrected chi connectivity index (χ1v) is 6.82. The van der Waals surface area contributed by atoms with Crippen LogP contribution < -0.4 is 4.74 Å². The second kappa shape index (κ2) is 5.72. The summed E-state index contributed by atoms with van der Waals surface area (Å²) in [6.45, 7) is 2.35. The first-order valence-electron chi connectivity index (χ1n) is 5.59. The maximum atomic E-state index is 13.5. The second-order valence-corrected chi connectivity index (χ2v) is 5.50. The van der Waals surface area contributed by atoms with Crippen molar-refractivity contribution < 1.29 is 18.3 Å². The van der Waals surface area contributed by atoms with E-state index in [0.29, 0.717) is 17.5 Å². The highest BCUT2D eigenvalue weighted by molar-refractivity contribution is 9.10. The number of ether oxygens (including phenoxy) is 2. The van der Waals surface area contributed by atoms with E-state index in [1.54, 1.807) is 0 Å². The van der Waals surface area contributed by atoms with Crippen LogP contribution in [0.1, 0.15) is 13.3 Å². The fraction of sp³-hybridized carbons (Fsp3) is 0.500. The maximum absolute atomic E-state index is 13.5. The Kier molecular flexibility index (Phi) is 4.45. The molecule has 3 unspecified atom stereocenters. The lowest BCUT2D eigenvalue weighted by Gasteiger charge is -2.40. The molecule has 0 aromatic heterocycles. The summed E-state index contributed by atoms with van der Waals surface area (Å²) in [7, 11) is 0. The first kappa shape index (κ1) is 14.0. The average molecular weight is 342 g/mol. The van der Waals surface area contributed by atoms with Gasteiger partial charge in [0.05, 0.1) is 5.38 Å². The molecule has 1 aliphatic rings. The number of benzene rings is 1. The van der Waals surface area contributed by atoms with E-state index in [1.165, 1.54) is 6.07 Å². The lowest BCUT2D eigenvalue weighted by Crippen LogP contribution is -2.52. The Morgan fingerprint density at radius 3 is 2.78 bits per heavy atom. The molecule has 6 heteroatoms. The average Bonchev–Trinajstić information content (AvgIpc) is 2.31. The van der Waals surface area contributed by atoms with Crippen molar-refractivity contribution in [3.05, 3.63) is 28.2 Å². The van der Waals surface area contributed by atoms with E-state index < -0.39 is 11.6 Å². The van der Waals surface area contributed by atoms with Gasteiger partial charge >= 0.3 is 0 Å². The zero-order valence-electron chi connectivity index (χ0n) is 9.63. The lowest BCUT2D eigenvalue weighted by molar-refractivity contribution is -0.0772. The SMILES string of the molecule is CCOC1C(Cl)CC1Oc1cc(Br)cc(F)c1F. The number of halogens is 4.